The highest BCUT2D eigenvalue weighted by molar-refractivity contribution is 7.07. The minimum atomic E-state index is -0.467. The first-order valence-electron chi connectivity index (χ1n) is 7.21. The van der Waals surface area contributed by atoms with E-state index in [0.717, 1.165) is 25.0 Å². The molecule has 1 saturated carbocycles. The lowest BCUT2D eigenvalue weighted by Gasteiger charge is -2.21. The maximum Gasteiger partial charge on any atom is 0.407 e. The Balaban J connectivity index is 1.71. The van der Waals surface area contributed by atoms with Crippen LogP contribution in [0.1, 0.15) is 45.7 Å². The lowest BCUT2D eigenvalue weighted by Crippen LogP contribution is -2.39. The van der Waals surface area contributed by atoms with Gasteiger partial charge in [-0.1, -0.05) is 11.3 Å². The first-order chi connectivity index (χ1) is 9.82. The molecule has 7 heteroatoms. The first-order valence-corrected chi connectivity index (χ1v) is 8.09. The van der Waals surface area contributed by atoms with E-state index >= 15 is 0 Å². The summed E-state index contributed by atoms with van der Waals surface area (Å²) >= 11 is 1.18. The Morgan fingerprint density at radius 3 is 2.76 bits per heavy atom. The molecule has 0 radical (unpaired) electrons. The number of nitrogens with one attached hydrogen (secondary N) is 3. The number of alkyl carbamates (subject to hydrolysis) is 1. The number of hydrogen-bond acceptors (Lipinski definition) is 5. The van der Waals surface area contributed by atoms with Crippen LogP contribution in [0.2, 0.25) is 0 Å². The Kier molecular flexibility index (Phi) is 5.05. The van der Waals surface area contributed by atoms with Crippen LogP contribution in [0.15, 0.2) is 10.2 Å². The van der Waals surface area contributed by atoms with Crippen molar-refractivity contribution < 1.29 is 9.53 Å². The van der Waals surface area contributed by atoms with E-state index in [1.807, 2.05) is 26.2 Å². The second-order valence-electron chi connectivity index (χ2n) is 6.41. The topological polar surface area (TPSA) is 83.2 Å². The van der Waals surface area contributed by atoms with Crippen LogP contribution >= 0.6 is 11.3 Å². The number of aromatic nitrogens is 1. The number of thiazole rings is 1. The molecule has 1 fully saturated rings. The number of aromatic amines is 1. The molecule has 21 heavy (non-hydrogen) atoms. The number of H-pyrrole nitrogens is 1. The van der Waals surface area contributed by atoms with Crippen molar-refractivity contribution in [1.29, 1.82) is 0 Å². The van der Waals surface area contributed by atoms with E-state index in [1.165, 1.54) is 11.3 Å². The summed E-state index contributed by atoms with van der Waals surface area (Å²) in [6.07, 6.45) is 2.48. The third-order valence-corrected chi connectivity index (χ3v) is 4.02. The van der Waals surface area contributed by atoms with Gasteiger partial charge in [0.1, 0.15) is 5.60 Å². The summed E-state index contributed by atoms with van der Waals surface area (Å²) in [5, 5.41) is 8.15. The van der Waals surface area contributed by atoms with Crippen LogP contribution in [0, 0.1) is 0 Å². The minimum absolute atomic E-state index is 0.0253. The molecule has 0 bridgehead atoms. The van der Waals surface area contributed by atoms with E-state index in [-0.39, 0.29) is 17.0 Å². The first kappa shape index (κ1) is 16.0. The van der Waals surface area contributed by atoms with Gasteiger partial charge in [0.05, 0.1) is 0 Å². The fourth-order valence-electron chi connectivity index (χ4n) is 2.43. The number of ether oxygens (including phenoxy) is 1. The van der Waals surface area contributed by atoms with Gasteiger partial charge in [-0.2, -0.15) is 0 Å². The van der Waals surface area contributed by atoms with Gasteiger partial charge in [0.15, 0.2) is 0 Å². The SMILES string of the molecule is CC(C)(C)OC(=O)NC1CCC(NCc2csc(=O)[nH]2)C1. The number of carbonyl (C=O) groups excluding carboxylic acids is 1. The third kappa shape index (κ3) is 5.51. The van der Waals surface area contributed by atoms with Gasteiger partial charge >= 0.3 is 11.0 Å². The van der Waals surface area contributed by atoms with Gasteiger partial charge in [-0.05, 0) is 40.0 Å². The maximum atomic E-state index is 11.7. The van der Waals surface area contributed by atoms with E-state index in [1.54, 1.807) is 0 Å². The summed E-state index contributed by atoms with van der Waals surface area (Å²) in [6, 6.07) is 0.507. The van der Waals surface area contributed by atoms with Crippen LogP contribution in [-0.2, 0) is 11.3 Å². The summed E-state index contributed by atoms with van der Waals surface area (Å²) in [7, 11) is 0. The van der Waals surface area contributed by atoms with E-state index in [9.17, 15) is 9.59 Å². The molecule has 3 N–H and O–H groups in total. The zero-order chi connectivity index (χ0) is 15.5. The average Bonchev–Trinajstić information content (AvgIpc) is 2.93. The van der Waals surface area contributed by atoms with Gasteiger partial charge in [-0.3, -0.25) is 4.79 Å². The molecule has 0 aromatic carbocycles. The zero-order valence-corrected chi connectivity index (χ0v) is 13.5. The van der Waals surface area contributed by atoms with Crippen molar-refractivity contribution in [3.05, 3.63) is 20.7 Å². The molecule has 2 unspecified atom stereocenters. The van der Waals surface area contributed by atoms with Crippen molar-refractivity contribution >= 4 is 17.4 Å². The second-order valence-corrected chi connectivity index (χ2v) is 7.25. The highest BCUT2D eigenvalue weighted by atomic mass is 32.1. The van der Waals surface area contributed by atoms with Crippen molar-refractivity contribution in [3.63, 3.8) is 0 Å². The van der Waals surface area contributed by atoms with Gasteiger partial charge in [0.2, 0.25) is 0 Å². The Labute approximate surface area is 128 Å². The summed E-state index contributed by atoms with van der Waals surface area (Å²) in [5.41, 5.74) is 0.444. The third-order valence-electron chi connectivity index (χ3n) is 3.31. The molecule has 1 aliphatic rings. The quantitative estimate of drug-likeness (QED) is 0.793. The van der Waals surface area contributed by atoms with Crippen LogP contribution in [0.25, 0.3) is 0 Å². The monoisotopic (exact) mass is 313 g/mol. The van der Waals surface area contributed by atoms with Crippen molar-refractivity contribution in [2.45, 2.75) is 64.3 Å². The maximum absolute atomic E-state index is 11.7. The molecule has 1 heterocycles. The largest absolute Gasteiger partial charge is 0.444 e. The zero-order valence-electron chi connectivity index (χ0n) is 12.7. The van der Waals surface area contributed by atoms with Crippen molar-refractivity contribution in [1.82, 2.24) is 15.6 Å². The molecule has 1 aromatic rings. The molecule has 118 valence electrons. The Hall–Kier alpha value is -1.34. The molecule has 0 aliphatic heterocycles. The minimum Gasteiger partial charge on any atom is -0.444 e. The van der Waals surface area contributed by atoms with Crippen molar-refractivity contribution in [2.24, 2.45) is 0 Å². The number of carbonyl (C=O) groups is 1. The molecular weight excluding hydrogens is 290 g/mol. The Morgan fingerprint density at radius 2 is 2.14 bits per heavy atom. The smallest absolute Gasteiger partial charge is 0.407 e. The lowest BCUT2D eigenvalue weighted by molar-refractivity contribution is 0.0505. The van der Waals surface area contributed by atoms with Crippen LogP contribution in [0.5, 0.6) is 0 Å². The van der Waals surface area contributed by atoms with E-state index < -0.39 is 5.60 Å². The van der Waals surface area contributed by atoms with Crippen molar-refractivity contribution in [3.8, 4) is 0 Å². The molecule has 1 amide bonds. The summed E-state index contributed by atoms with van der Waals surface area (Å²) in [6.45, 7) is 6.22. The van der Waals surface area contributed by atoms with Gasteiger partial charge in [-0.25, -0.2) is 4.79 Å². The fraction of sp³-hybridized carbons (Fsp3) is 0.714. The van der Waals surface area contributed by atoms with E-state index in [0.29, 0.717) is 12.6 Å². The Morgan fingerprint density at radius 1 is 1.43 bits per heavy atom. The number of rotatable bonds is 4. The summed E-state index contributed by atoms with van der Waals surface area (Å²) < 4.78 is 5.26. The van der Waals surface area contributed by atoms with Crippen molar-refractivity contribution in [2.75, 3.05) is 0 Å². The van der Waals surface area contributed by atoms with E-state index in [4.69, 9.17) is 4.74 Å². The predicted molar refractivity (Wildman–Crippen MR) is 82.6 cm³/mol. The second kappa shape index (κ2) is 6.62. The lowest BCUT2D eigenvalue weighted by atomic mass is 10.2. The summed E-state index contributed by atoms with van der Waals surface area (Å²) in [4.78, 5) is 25.5. The molecule has 2 atom stereocenters. The number of amides is 1. The van der Waals surface area contributed by atoms with E-state index in [2.05, 4.69) is 15.6 Å². The van der Waals surface area contributed by atoms with Gasteiger partial charge in [0, 0.05) is 29.7 Å². The molecule has 0 spiro atoms. The highest BCUT2D eigenvalue weighted by Crippen LogP contribution is 2.20. The Bertz CT molecular complexity index is 532. The highest BCUT2D eigenvalue weighted by Gasteiger charge is 2.27. The van der Waals surface area contributed by atoms with Gasteiger partial charge in [0.25, 0.3) is 0 Å². The predicted octanol–water partition coefficient (Wildman–Crippen LogP) is 1.97. The standard InChI is InChI=1S/C14H23N3O3S/c1-14(2,3)20-12(18)16-10-5-4-9(6-10)15-7-11-8-21-13(19)17-11/h8-10,15H,4-7H2,1-3H3,(H,16,18)(H,17,19). The van der Waals surface area contributed by atoms with Gasteiger partial charge in [-0.15, -0.1) is 0 Å². The van der Waals surface area contributed by atoms with Crippen LogP contribution < -0.4 is 15.5 Å². The average molecular weight is 313 g/mol. The summed E-state index contributed by atoms with van der Waals surface area (Å²) in [5.74, 6) is 0. The molecule has 1 aromatic heterocycles. The normalized spacial score (nSPS) is 22.2. The molecular formula is C14H23N3O3S. The van der Waals surface area contributed by atoms with Crippen LogP contribution in [0.4, 0.5) is 4.79 Å². The van der Waals surface area contributed by atoms with Crippen LogP contribution in [0.3, 0.4) is 0 Å². The molecule has 1 aliphatic carbocycles. The molecule has 0 saturated heterocycles. The molecule has 6 nitrogen and oxygen atoms in total. The molecule has 2 rings (SSSR count). The number of hydrogen-bond donors (Lipinski definition) is 3. The fourth-order valence-corrected chi connectivity index (χ4v) is 3.01. The van der Waals surface area contributed by atoms with Gasteiger partial charge < -0.3 is 20.4 Å². The van der Waals surface area contributed by atoms with Crippen LogP contribution in [-0.4, -0.2) is 28.8 Å².